The highest BCUT2D eigenvalue weighted by Gasteiger charge is 2.39. The van der Waals surface area contributed by atoms with Crippen molar-refractivity contribution in [3.05, 3.63) is 0 Å². The van der Waals surface area contributed by atoms with Crippen LogP contribution in [0.15, 0.2) is 0 Å². The molecule has 2 heterocycles. The highest BCUT2D eigenvalue weighted by molar-refractivity contribution is 5.77. The number of ether oxygens (including phenoxy) is 1. The number of nitrogens with zero attached hydrogens (tertiary/aromatic N) is 1. The van der Waals surface area contributed by atoms with Crippen LogP contribution in [-0.2, 0) is 9.53 Å². The zero-order chi connectivity index (χ0) is 14.1. The second-order valence-corrected chi connectivity index (χ2v) is 6.15. The van der Waals surface area contributed by atoms with E-state index in [-0.39, 0.29) is 11.6 Å². The molecule has 2 aliphatic rings. The van der Waals surface area contributed by atoms with Gasteiger partial charge in [-0.05, 0) is 33.1 Å². The molecule has 0 bridgehead atoms. The van der Waals surface area contributed by atoms with Gasteiger partial charge >= 0.3 is 12.0 Å². The Hall–Kier alpha value is -1.30. The van der Waals surface area contributed by atoms with Crippen molar-refractivity contribution in [2.45, 2.75) is 38.6 Å². The fraction of sp³-hybridized carbons (Fsp3) is 0.846. The van der Waals surface area contributed by atoms with E-state index >= 15 is 0 Å². The van der Waals surface area contributed by atoms with Gasteiger partial charge in [0.2, 0.25) is 0 Å². The van der Waals surface area contributed by atoms with Crippen molar-refractivity contribution in [3.8, 4) is 0 Å². The van der Waals surface area contributed by atoms with Crippen LogP contribution in [0.1, 0.15) is 33.1 Å². The molecule has 2 rings (SSSR count). The predicted molar refractivity (Wildman–Crippen MR) is 68.9 cm³/mol. The lowest BCUT2D eigenvalue weighted by atomic mass is 9.80. The zero-order valence-electron chi connectivity index (χ0n) is 11.6. The molecular formula is C13H22N2O4. The predicted octanol–water partition coefficient (Wildman–Crippen LogP) is 1.06. The molecule has 2 fully saturated rings. The molecule has 2 N–H and O–H groups in total. The lowest BCUT2D eigenvalue weighted by molar-refractivity contribution is -0.150. The summed E-state index contributed by atoms with van der Waals surface area (Å²) in [5.41, 5.74) is -0.984. The van der Waals surface area contributed by atoms with Gasteiger partial charge in [0, 0.05) is 19.7 Å². The number of rotatable bonds is 2. The molecule has 19 heavy (non-hydrogen) atoms. The Morgan fingerprint density at radius 3 is 2.32 bits per heavy atom. The first-order chi connectivity index (χ1) is 8.85. The monoisotopic (exact) mass is 270 g/mol. The molecule has 108 valence electrons. The number of nitrogens with one attached hydrogen (secondary N) is 1. The molecule has 0 saturated carbocycles. The van der Waals surface area contributed by atoms with Crippen LogP contribution in [0, 0.1) is 5.41 Å². The molecule has 2 aliphatic heterocycles. The van der Waals surface area contributed by atoms with E-state index in [2.05, 4.69) is 5.32 Å². The van der Waals surface area contributed by atoms with Gasteiger partial charge < -0.3 is 20.1 Å². The first kappa shape index (κ1) is 14.1. The minimum Gasteiger partial charge on any atom is -0.481 e. The van der Waals surface area contributed by atoms with E-state index in [4.69, 9.17) is 9.84 Å². The van der Waals surface area contributed by atoms with E-state index in [1.54, 1.807) is 11.8 Å². The van der Waals surface area contributed by atoms with Gasteiger partial charge in [0.05, 0.1) is 17.6 Å². The third kappa shape index (κ3) is 3.00. The van der Waals surface area contributed by atoms with Gasteiger partial charge in [0.1, 0.15) is 0 Å². The standard InChI is InChI=1S/C13H22N2O4/c1-12(10(16)17)3-6-15(7-4-12)11(18)14-13(2)5-8-19-9-13/h3-9H2,1-2H3,(H,14,18)(H,16,17). The van der Waals surface area contributed by atoms with Gasteiger partial charge in [0.15, 0.2) is 0 Å². The number of urea groups is 1. The maximum atomic E-state index is 12.2. The normalized spacial score (nSPS) is 30.1. The second-order valence-electron chi connectivity index (χ2n) is 6.15. The quantitative estimate of drug-likeness (QED) is 0.786. The van der Waals surface area contributed by atoms with Crippen LogP contribution >= 0.6 is 0 Å². The molecule has 6 nitrogen and oxygen atoms in total. The molecule has 0 spiro atoms. The Morgan fingerprint density at radius 1 is 1.21 bits per heavy atom. The van der Waals surface area contributed by atoms with Crippen LogP contribution in [-0.4, -0.2) is 53.8 Å². The van der Waals surface area contributed by atoms with Crippen molar-refractivity contribution in [1.29, 1.82) is 0 Å². The van der Waals surface area contributed by atoms with E-state index in [0.29, 0.717) is 39.1 Å². The van der Waals surface area contributed by atoms with E-state index in [0.717, 1.165) is 6.42 Å². The van der Waals surface area contributed by atoms with E-state index in [9.17, 15) is 9.59 Å². The Labute approximate surface area is 113 Å². The number of aliphatic carboxylic acids is 1. The Balaban J connectivity index is 1.87. The van der Waals surface area contributed by atoms with Crippen LogP contribution in [0.4, 0.5) is 4.79 Å². The summed E-state index contributed by atoms with van der Waals surface area (Å²) in [7, 11) is 0. The molecule has 2 saturated heterocycles. The fourth-order valence-corrected chi connectivity index (χ4v) is 2.52. The number of likely N-dealkylation sites (tertiary alicyclic amines) is 1. The largest absolute Gasteiger partial charge is 0.481 e. The summed E-state index contributed by atoms with van der Waals surface area (Å²) in [5, 5.41) is 12.2. The van der Waals surface area contributed by atoms with Crippen LogP contribution < -0.4 is 5.32 Å². The van der Waals surface area contributed by atoms with Crippen molar-refractivity contribution in [1.82, 2.24) is 10.2 Å². The lowest BCUT2D eigenvalue weighted by Crippen LogP contribution is -2.55. The molecule has 2 amide bonds. The number of carboxylic acids is 1. The summed E-state index contributed by atoms with van der Waals surface area (Å²) in [6, 6.07) is -0.111. The third-order valence-electron chi connectivity index (χ3n) is 4.30. The molecule has 0 aromatic carbocycles. The Morgan fingerprint density at radius 2 is 1.84 bits per heavy atom. The molecule has 0 radical (unpaired) electrons. The molecule has 1 atom stereocenters. The number of carbonyl (C=O) groups excluding carboxylic acids is 1. The van der Waals surface area contributed by atoms with E-state index in [1.807, 2.05) is 6.92 Å². The maximum absolute atomic E-state index is 12.2. The van der Waals surface area contributed by atoms with Crippen LogP contribution in [0.5, 0.6) is 0 Å². The second kappa shape index (κ2) is 5.00. The number of amides is 2. The summed E-state index contributed by atoms with van der Waals surface area (Å²) in [6.07, 6.45) is 1.82. The third-order valence-corrected chi connectivity index (χ3v) is 4.30. The smallest absolute Gasteiger partial charge is 0.317 e. The van der Waals surface area contributed by atoms with Crippen molar-refractivity contribution in [2.24, 2.45) is 5.41 Å². The Kier molecular flexibility index (Phi) is 3.71. The zero-order valence-corrected chi connectivity index (χ0v) is 11.6. The maximum Gasteiger partial charge on any atom is 0.317 e. The first-order valence-corrected chi connectivity index (χ1v) is 6.73. The molecule has 0 aromatic heterocycles. The van der Waals surface area contributed by atoms with E-state index < -0.39 is 11.4 Å². The van der Waals surface area contributed by atoms with Crippen LogP contribution in [0.25, 0.3) is 0 Å². The lowest BCUT2D eigenvalue weighted by Gasteiger charge is -2.38. The topological polar surface area (TPSA) is 78.9 Å². The number of carboxylic acid groups (broad SMARTS) is 1. The Bertz CT molecular complexity index is 369. The van der Waals surface area contributed by atoms with Gasteiger partial charge in [-0.1, -0.05) is 0 Å². The number of carbonyl (C=O) groups is 2. The molecule has 6 heteroatoms. The van der Waals surface area contributed by atoms with Gasteiger partial charge in [0.25, 0.3) is 0 Å². The van der Waals surface area contributed by atoms with Gasteiger partial charge in [-0.25, -0.2) is 4.79 Å². The summed E-state index contributed by atoms with van der Waals surface area (Å²) in [5.74, 6) is -0.774. The summed E-state index contributed by atoms with van der Waals surface area (Å²) < 4.78 is 5.30. The van der Waals surface area contributed by atoms with Crippen molar-refractivity contribution >= 4 is 12.0 Å². The molecular weight excluding hydrogens is 248 g/mol. The molecule has 1 unspecified atom stereocenters. The minimum atomic E-state index is -0.774. The highest BCUT2D eigenvalue weighted by Crippen LogP contribution is 2.31. The average molecular weight is 270 g/mol. The summed E-state index contributed by atoms with van der Waals surface area (Å²) in [4.78, 5) is 25.0. The van der Waals surface area contributed by atoms with Crippen molar-refractivity contribution < 1.29 is 19.4 Å². The van der Waals surface area contributed by atoms with E-state index in [1.165, 1.54) is 0 Å². The molecule has 0 aliphatic carbocycles. The first-order valence-electron chi connectivity index (χ1n) is 6.73. The SMILES string of the molecule is CC1(NC(=O)N2CCC(C)(C(=O)O)CC2)CCOC1. The van der Waals surface area contributed by atoms with Gasteiger partial charge in [-0.3, -0.25) is 4.79 Å². The van der Waals surface area contributed by atoms with Gasteiger partial charge in [-0.2, -0.15) is 0 Å². The van der Waals surface area contributed by atoms with Crippen molar-refractivity contribution in [2.75, 3.05) is 26.3 Å². The number of hydrogen-bond acceptors (Lipinski definition) is 3. The number of piperidine rings is 1. The van der Waals surface area contributed by atoms with Crippen LogP contribution in [0.3, 0.4) is 0 Å². The number of hydrogen-bond donors (Lipinski definition) is 2. The van der Waals surface area contributed by atoms with Crippen LogP contribution in [0.2, 0.25) is 0 Å². The summed E-state index contributed by atoms with van der Waals surface area (Å²) >= 11 is 0. The van der Waals surface area contributed by atoms with Gasteiger partial charge in [-0.15, -0.1) is 0 Å². The van der Waals surface area contributed by atoms with Crippen molar-refractivity contribution in [3.63, 3.8) is 0 Å². The fourth-order valence-electron chi connectivity index (χ4n) is 2.52. The molecule has 0 aromatic rings. The minimum absolute atomic E-state index is 0.111. The average Bonchev–Trinajstić information content (AvgIpc) is 2.76. The summed E-state index contributed by atoms with van der Waals surface area (Å²) in [6.45, 7) is 5.92. The highest BCUT2D eigenvalue weighted by atomic mass is 16.5.